The van der Waals surface area contributed by atoms with E-state index in [0.29, 0.717) is 35.3 Å². The number of hydrogen-bond donors (Lipinski definition) is 0. The Labute approximate surface area is 166 Å². The first kappa shape index (κ1) is 20.0. The minimum atomic E-state index is -0.355. The first-order valence-corrected chi connectivity index (χ1v) is 9.90. The number of aromatic nitrogens is 3. The maximum absolute atomic E-state index is 13.4. The van der Waals surface area contributed by atoms with Gasteiger partial charge in [0.05, 0.1) is 5.75 Å². The summed E-state index contributed by atoms with van der Waals surface area (Å²) in [5, 5.41) is 8.95. The van der Waals surface area contributed by atoms with Crippen molar-refractivity contribution in [2.75, 3.05) is 18.8 Å². The molecule has 8 heteroatoms. The number of rotatable bonds is 7. The predicted octanol–water partition coefficient (Wildman–Crippen LogP) is 4.17. The van der Waals surface area contributed by atoms with Crippen LogP contribution in [0.1, 0.15) is 13.8 Å². The summed E-state index contributed by atoms with van der Waals surface area (Å²) in [5.74, 6) is 0.00297. The Morgan fingerprint density at radius 2 is 1.54 bits per heavy atom. The van der Waals surface area contributed by atoms with Gasteiger partial charge in [-0.05, 0) is 62.4 Å². The van der Waals surface area contributed by atoms with Gasteiger partial charge in [0.2, 0.25) is 5.91 Å². The summed E-state index contributed by atoms with van der Waals surface area (Å²) in [6.45, 7) is 5.14. The van der Waals surface area contributed by atoms with Crippen molar-refractivity contribution in [2.45, 2.75) is 19.0 Å². The first-order valence-electron chi connectivity index (χ1n) is 8.91. The third kappa shape index (κ3) is 4.39. The number of benzene rings is 2. The van der Waals surface area contributed by atoms with Crippen molar-refractivity contribution >= 4 is 17.7 Å². The van der Waals surface area contributed by atoms with Crippen molar-refractivity contribution in [1.29, 1.82) is 0 Å². The Balaban J connectivity index is 1.97. The van der Waals surface area contributed by atoms with Gasteiger partial charge < -0.3 is 4.90 Å². The molecule has 0 saturated heterocycles. The lowest BCUT2D eigenvalue weighted by Gasteiger charge is -2.18. The van der Waals surface area contributed by atoms with E-state index in [1.807, 2.05) is 13.8 Å². The molecule has 0 N–H and O–H groups in total. The fourth-order valence-electron chi connectivity index (χ4n) is 2.77. The zero-order valence-electron chi connectivity index (χ0n) is 15.6. The molecule has 1 aromatic heterocycles. The number of carbonyl (C=O) groups is 1. The van der Waals surface area contributed by atoms with E-state index in [0.717, 1.165) is 0 Å². The molecule has 3 rings (SSSR count). The van der Waals surface area contributed by atoms with Crippen LogP contribution in [0.5, 0.6) is 0 Å². The van der Waals surface area contributed by atoms with Crippen LogP contribution in [0.3, 0.4) is 0 Å². The molecule has 28 heavy (non-hydrogen) atoms. The van der Waals surface area contributed by atoms with Crippen LogP contribution in [0.25, 0.3) is 17.1 Å². The Morgan fingerprint density at radius 3 is 2.11 bits per heavy atom. The second kappa shape index (κ2) is 8.97. The van der Waals surface area contributed by atoms with Crippen molar-refractivity contribution < 1.29 is 13.6 Å². The lowest BCUT2D eigenvalue weighted by Crippen LogP contribution is -2.31. The van der Waals surface area contributed by atoms with Crippen molar-refractivity contribution in [3.05, 3.63) is 60.2 Å². The molecule has 0 unspecified atom stereocenters. The highest BCUT2D eigenvalue weighted by atomic mass is 32.2. The number of carbonyl (C=O) groups excluding carboxylic acids is 1. The molecule has 0 aliphatic carbocycles. The van der Waals surface area contributed by atoms with E-state index in [9.17, 15) is 13.6 Å². The van der Waals surface area contributed by atoms with E-state index in [2.05, 4.69) is 10.2 Å². The van der Waals surface area contributed by atoms with Crippen molar-refractivity contribution in [3.8, 4) is 17.1 Å². The van der Waals surface area contributed by atoms with Gasteiger partial charge in [-0.25, -0.2) is 8.78 Å². The fraction of sp³-hybridized carbons (Fsp3) is 0.250. The second-order valence-corrected chi connectivity index (χ2v) is 6.92. The third-order valence-corrected chi connectivity index (χ3v) is 5.18. The van der Waals surface area contributed by atoms with E-state index < -0.39 is 0 Å². The van der Waals surface area contributed by atoms with Crippen LogP contribution in [0.2, 0.25) is 0 Å². The maximum atomic E-state index is 13.4. The second-order valence-electron chi connectivity index (χ2n) is 5.98. The molecule has 2 aromatic carbocycles. The molecular weight excluding hydrogens is 382 g/mol. The molecular formula is C20H20F2N4OS. The largest absolute Gasteiger partial charge is 0.343 e. The van der Waals surface area contributed by atoms with Gasteiger partial charge in [0.15, 0.2) is 11.0 Å². The van der Waals surface area contributed by atoms with E-state index in [4.69, 9.17) is 0 Å². The normalized spacial score (nSPS) is 10.9. The van der Waals surface area contributed by atoms with Gasteiger partial charge in [0.25, 0.3) is 0 Å². The van der Waals surface area contributed by atoms with Gasteiger partial charge in [-0.2, -0.15) is 0 Å². The molecule has 0 aliphatic rings. The van der Waals surface area contributed by atoms with Gasteiger partial charge >= 0.3 is 0 Å². The molecule has 0 bridgehead atoms. The number of nitrogens with zero attached hydrogens (tertiary/aromatic N) is 4. The number of thioether (sulfide) groups is 1. The fourth-order valence-corrected chi connectivity index (χ4v) is 3.62. The lowest BCUT2D eigenvalue weighted by molar-refractivity contribution is -0.127. The Kier molecular flexibility index (Phi) is 6.41. The summed E-state index contributed by atoms with van der Waals surface area (Å²) < 4.78 is 28.4. The Morgan fingerprint density at radius 1 is 0.964 bits per heavy atom. The molecule has 0 atom stereocenters. The maximum Gasteiger partial charge on any atom is 0.233 e. The monoisotopic (exact) mass is 402 g/mol. The molecule has 1 heterocycles. The van der Waals surface area contributed by atoms with E-state index in [1.54, 1.807) is 33.7 Å². The predicted molar refractivity (Wildman–Crippen MR) is 105 cm³/mol. The van der Waals surface area contributed by atoms with Crippen LogP contribution in [-0.4, -0.2) is 44.4 Å². The van der Waals surface area contributed by atoms with Crippen molar-refractivity contribution in [1.82, 2.24) is 19.7 Å². The van der Waals surface area contributed by atoms with Gasteiger partial charge in [-0.1, -0.05) is 11.8 Å². The molecule has 0 fully saturated rings. The smallest absolute Gasteiger partial charge is 0.233 e. The van der Waals surface area contributed by atoms with E-state index >= 15 is 0 Å². The molecule has 0 aliphatic heterocycles. The topological polar surface area (TPSA) is 51.0 Å². The van der Waals surface area contributed by atoms with Gasteiger partial charge in [-0.15, -0.1) is 10.2 Å². The Hall–Kier alpha value is -2.74. The number of halogens is 2. The zero-order valence-corrected chi connectivity index (χ0v) is 16.4. The third-order valence-electron chi connectivity index (χ3n) is 4.26. The molecule has 0 saturated carbocycles. The molecule has 1 amide bonds. The van der Waals surface area contributed by atoms with Crippen LogP contribution in [-0.2, 0) is 4.79 Å². The summed E-state index contributed by atoms with van der Waals surface area (Å²) in [4.78, 5) is 14.1. The van der Waals surface area contributed by atoms with Gasteiger partial charge in [-0.3, -0.25) is 9.36 Å². The summed E-state index contributed by atoms with van der Waals surface area (Å²) in [7, 11) is 0. The average molecular weight is 402 g/mol. The number of amides is 1. The van der Waals surface area contributed by atoms with E-state index in [1.165, 1.54) is 36.0 Å². The minimum absolute atomic E-state index is 0.00647. The van der Waals surface area contributed by atoms with Gasteiger partial charge in [0, 0.05) is 24.3 Å². The molecule has 5 nitrogen and oxygen atoms in total. The quantitative estimate of drug-likeness (QED) is 0.557. The highest BCUT2D eigenvalue weighted by Crippen LogP contribution is 2.28. The van der Waals surface area contributed by atoms with E-state index in [-0.39, 0.29) is 23.3 Å². The molecule has 146 valence electrons. The lowest BCUT2D eigenvalue weighted by atomic mass is 10.2. The molecule has 0 radical (unpaired) electrons. The average Bonchev–Trinajstić information content (AvgIpc) is 3.12. The summed E-state index contributed by atoms with van der Waals surface area (Å²) in [6.07, 6.45) is 0. The highest BCUT2D eigenvalue weighted by molar-refractivity contribution is 7.99. The summed E-state index contributed by atoms with van der Waals surface area (Å²) in [5.41, 5.74) is 1.32. The van der Waals surface area contributed by atoms with Crippen molar-refractivity contribution in [3.63, 3.8) is 0 Å². The van der Waals surface area contributed by atoms with Crippen LogP contribution >= 0.6 is 11.8 Å². The summed E-state index contributed by atoms with van der Waals surface area (Å²) >= 11 is 1.26. The Bertz CT molecular complexity index is 938. The molecule has 3 aromatic rings. The van der Waals surface area contributed by atoms with Crippen LogP contribution < -0.4 is 0 Å². The van der Waals surface area contributed by atoms with Crippen LogP contribution in [0.15, 0.2) is 53.7 Å². The molecule has 0 spiro atoms. The zero-order chi connectivity index (χ0) is 20.1. The van der Waals surface area contributed by atoms with Crippen molar-refractivity contribution in [2.24, 2.45) is 0 Å². The van der Waals surface area contributed by atoms with Crippen LogP contribution in [0, 0.1) is 11.6 Å². The standard InChI is InChI=1S/C20H20F2N4OS/c1-3-25(4-2)18(27)13-28-20-24-23-19(14-5-7-15(21)8-6-14)26(20)17-11-9-16(22)10-12-17/h5-12H,3-4,13H2,1-2H3. The SMILES string of the molecule is CCN(CC)C(=O)CSc1nnc(-c2ccc(F)cc2)n1-c1ccc(F)cc1. The van der Waals surface area contributed by atoms with Crippen LogP contribution in [0.4, 0.5) is 8.78 Å². The summed E-state index contributed by atoms with van der Waals surface area (Å²) in [6, 6.07) is 11.8. The minimum Gasteiger partial charge on any atom is -0.343 e. The van der Waals surface area contributed by atoms with Gasteiger partial charge in [0.1, 0.15) is 11.6 Å². The number of hydrogen-bond acceptors (Lipinski definition) is 4. The highest BCUT2D eigenvalue weighted by Gasteiger charge is 2.18. The first-order chi connectivity index (χ1) is 13.5.